The summed E-state index contributed by atoms with van der Waals surface area (Å²) >= 11 is 5.81. The van der Waals surface area contributed by atoms with Crippen LogP contribution in [0, 0.1) is 0 Å². The molecule has 0 aliphatic carbocycles. The van der Waals surface area contributed by atoms with Crippen LogP contribution in [0.5, 0.6) is 5.75 Å². The number of para-hydroxylation sites is 1. The minimum Gasteiger partial charge on any atom is -0.433 e. The van der Waals surface area contributed by atoms with Crippen LogP contribution in [0.3, 0.4) is 0 Å². The molecule has 0 aliphatic heterocycles. The maximum atomic E-state index is 12.2. The van der Waals surface area contributed by atoms with Gasteiger partial charge >= 0.3 is 6.61 Å². The highest BCUT2D eigenvalue weighted by Crippen LogP contribution is 2.28. The van der Waals surface area contributed by atoms with Crippen molar-refractivity contribution in [3.05, 3.63) is 53.1 Å². The van der Waals surface area contributed by atoms with Crippen molar-refractivity contribution in [2.75, 3.05) is 17.2 Å². The standard InChI is InChI=1S/C16H14ClF2N3O3/c17-11-7-9(5-6-13(11)25-16(18)19)22-14(23)8-21-12-4-2-1-3-10(12)15(20)24/h1-7,16,21H,8H2,(H2,20,24)(H,22,23). The van der Waals surface area contributed by atoms with Crippen LogP contribution in [0.2, 0.25) is 5.02 Å². The zero-order valence-electron chi connectivity index (χ0n) is 12.8. The van der Waals surface area contributed by atoms with Crippen LogP contribution < -0.4 is 21.1 Å². The van der Waals surface area contributed by atoms with Gasteiger partial charge in [0, 0.05) is 11.4 Å². The highest BCUT2D eigenvalue weighted by atomic mass is 35.5. The molecule has 0 radical (unpaired) electrons. The second-order valence-corrected chi connectivity index (χ2v) is 5.24. The summed E-state index contributed by atoms with van der Waals surface area (Å²) in [5.41, 5.74) is 6.23. The number of carbonyl (C=O) groups is 2. The van der Waals surface area contributed by atoms with Crippen LogP contribution in [0.1, 0.15) is 10.4 Å². The van der Waals surface area contributed by atoms with Crippen LogP contribution in [0.15, 0.2) is 42.5 Å². The summed E-state index contributed by atoms with van der Waals surface area (Å²) < 4.78 is 28.6. The van der Waals surface area contributed by atoms with Crippen molar-refractivity contribution in [1.29, 1.82) is 0 Å². The molecule has 0 heterocycles. The molecule has 0 aliphatic rings. The van der Waals surface area contributed by atoms with E-state index < -0.39 is 18.4 Å². The molecule has 4 N–H and O–H groups in total. The second-order valence-electron chi connectivity index (χ2n) is 4.84. The lowest BCUT2D eigenvalue weighted by Gasteiger charge is -2.11. The van der Waals surface area contributed by atoms with Gasteiger partial charge in [-0.25, -0.2) is 0 Å². The Labute approximate surface area is 146 Å². The van der Waals surface area contributed by atoms with Gasteiger partial charge in [-0.05, 0) is 30.3 Å². The van der Waals surface area contributed by atoms with Gasteiger partial charge in [-0.3, -0.25) is 9.59 Å². The van der Waals surface area contributed by atoms with E-state index in [-0.39, 0.29) is 22.9 Å². The van der Waals surface area contributed by atoms with E-state index in [1.807, 2.05) is 0 Å². The van der Waals surface area contributed by atoms with Crippen LogP contribution in [0.25, 0.3) is 0 Å². The predicted molar refractivity (Wildman–Crippen MR) is 90.2 cm³/mol. The summed E-state index contributed by atoms with van der Waals surface area (Å²) in [5, 5.41) is 5.27. The smallest absolute Gasteiger partial charge is 0.387 e. The maximum Gasteiger partial charge on any atom is 0.387 e. The maximum absolute atomic E-state index is 12.2. The quantitative estimate of drug-likeness (QED) is 0.699. The number of rotatable bonds is 7. The van der Waals surface area contributed by atoms with E-state index in [2.05, 4.69) is 15.4 Å². The van der Waals surface area contributed by atoms with E-state index in [1.54, 1.807) is 18.2 Å². The van der Waals surface area contributed by atoms with Crippen molar-refractivity contribution in [2.45, 2.75) is 6.61 Å². The van der Waals surface area contributed by atoms with Crippen molar-refractivity contribution in [1.82, 2.24) is 0 Å². The molecule has 0 bridgehead atoms. The molecule has 0 unspecified atom stereocenters. The average Bonchev–Trinajstić information content (AvgIpc) is 2.55. The highest BCUT2D eigenvalue weighted by molar-refractivity contribution is 6.32. The van der Waals surface area contributed by atoms with Crippen LogP contribution in [-0.2, 0) is 4.79 Å². The summed E-state index contributed by atoms with van der Waals surface area (Å²) in [6, 6.07) is 10.4. The molecule has 132 valence electrons. The van der Waals surface area contributed by atoms with E-state index in [4.69, 9.17) is 17.3 Å². The first-order valence-corrected chi connectivity index (χ1v) is 7.41. The minimum absolute atomic E-state index is 0.0647. The summed E-state index contributed by atoms with van der Waals surface area (Å²) in [6.45, 7) is -3.13. The summed E-state index contributed by atoms with van der Waals surface area (Å²) in [7, 11) is 0. The van der Waals surface area contributed by atoms with Crippen molar-refractivity contribution in [3.63, 3.8) is 0 Å². The fourth-order valence-electron chi connectivity index (χ4n) is 2.00. The molecule has 2 aromatic rings. The third kappa shape index (κ3) is 5.32. The Morgan fingerprint density at radius 1 is 1.20 bits per heavy atom. The lowest BCUT2D eigenvalue weighted by atomic mass is 10.1. The molecule has 0 saturated heterocycles. The fraction of sp³-hybridized carbons (Fsp3) is 0.125. The van der Waals surface area contributed by atoms with Gasteiger partial charge in [-0.15, -0.1) is 0 Å². The topological polar surface area (TPSA) is 93.5 Å². The Morgan fingerprint density at radius 2 is 1.92 bits per heavy atom. The molecule has 0 aromatic heterocycles. The molecule has 0 saturated carbocycles. The lowest BCUT2D eigenvalue weighted by Crippen LogP contribution is -2.23. The van der Waals surface area contributed by atoms with Gasteiger partial charge in [0.15, 0.2) is 0 Å². The Balaban J connectivity index is 1.97. The largest absolute Gasteiger partial charge is 0.433 e. The number of hydrogen-bond acceptors (Lipinski definition) is 4. The number of ether oxygens (including phenoxy) is 1. The van der Waals surface area contributed by atoms with E-state index in [9.17, 15) is 18.4 Å². The number of benzene rings is 2. The first-order valence-electron chi connectivity index (χ1n) is 7.03. The van der Waals surface area contributed by atoms with Crippen molar-refractivity contribution in [3.8, 4) is 5.75 Å². The molecule has 2 amide bonds. The first kappa shape index (κ1) is 18.5. The van der Waals surface area contributed by atoms with Gasteiger partial charge in [0.25, 0.3) is 5.91 Å². The first-order chi connectivity index (χ1) is 11.9. The van der Waals surface area contributed by atoms with E-state index in [0.717, 1.165) is 0 Å². The van der Waals surface area contributed by atoms with Crippen molar-refractivity contribution in [2.24, 2.45) is 5.73 Å². The van der Waals surface area contributed by atoms with Crippen molar-refractivity contribution < 1.29 is 23.1 Å². The number of alkyl halides is 2. The Bertz CT molecular complexity index is 787. The van der Waals surface area contributed by atoms with Gasteiger partial charge in [-0.1, -0.05) is 23.7 Å². The molecule has 9 heteroatoms. The Morgan fingerprint density at radius 3 is 2.56 bits per heavy atom. The van der Waals surface area contributed by atoms with Gasteiger partial charge in [0.05, 0.1) is 17.1 Å². The number of primary amides is 1. The molecule has 25 heavy (non-hydrogen) atoms. The molecular formula is C16H14ClF2N3O3. The van der Waals surface area contributed by atoms with Crippen LogP contribution in [-0.4, -0.2) is 25.0 Å². The molecule has 6 nitrogen and oxygen atoms in total. The molecule has 2 rings (SSSR count). The summed E-state index contributed by atoms with van der Waals surface area (Å²) in [4.78, 5) is 23.3. The number of carbonyl (C=O) groups excluding carboxylic acids is 2. The van der Waals surface area contributed by atoms with Gasteiger partial charge in [-0.2, -0.15) is 8.78 Å². The van der Waals surface area contributed by atoms with Crippen LogP contribution in [0.4, 0.5) is 20.2 Å². The van der Waals surface area contributed by atoms with Crippen LogP contribution >= 0.6 is 11.6 Å². The highest BCUT2D eigenvalue weighted by Gasteiger charge is 2.11. The van der Waals surface area contributed by atoms with Gasteiger partial charge < -0.3 is 21.1 Å². The number of anilines is 2. The van der Waals surface area contributed by atoms with E-state index in [1.165, 1.54) is 24.3 Å². The molecule has 0 atom stereocenters. The average molecular weight is 370 g/mol. The molecule has 2 aromatic carbocycles. The summed E-state index contributed by atoms with van der Waals surface area (Å²) in [6.07, 6.45) is 0. The normalized spacial score (nSPS) is 10.4. The van der Waals surface area contributed by atoms with Gasteiger partial charge in [0.1, 0.15) is 5.75 Å². The Hall–Kier alpha value is -2.87. The predicted octanol–water partition coefficient (Wildman–Crippen LogP) is 3.09. The lowest BCUT2D eigenvalue weighted by molar-refractivity contribution is -0.114. The number of nitrogens with one attached hydrogen (secondary N) is 2. The molecule has 0 fully saturated rings. The zero-order chi connectivity index (χ0) is 18.4. The summed E-state index contributed by atoms with van der Waals surface area (Å²) in [5.74, 6) is -1.24. The number of halogens is 3. The molecular weight excluding hydrogens is 356 g/mol. The fourth-order valence-corrected chi connectivity index (χ4v) is 2.23. The SMILES string of the molecule is NC(=O)c1ccccc1NCC(=O)Nc1ccc(OC(F)F)c(Cl)c1. The Kier molecular flexibility index (Phi) is 6.13. The minimum atomic E-state index is -2.99. The third-order valence-corrected chi connectivity index (χ3v) is 3.36. The number of hydrogen-bond donors (Lipinski definition) is 3. The second kappa shape index (κ2) is 8.29. The van der Waals surface area contributed by atoms with Crippen molar-refractivity contribution >= 4 is 34.8 Å². The third-order valence-electron chi connectivity index (χ3n) is 3.06. The monoisotopic (exact) mass is 369 g/mol. The zero-order valence-corrected chi connectivity index (χ0v) is 13.5. The number of nitrogens with two attached hydrogens (primary N) is 1. The van der Waals surface area contributed by atoms with E-state index >= 15 is 0 Å². The van der Waals surface area contributed by atoms with Gasteiger partial charge in [0.2, 0.25) is 5.91 Å². The molecule has 0 spiro atoms. The number of amides is 2. The van der Waals surface area contributed by atoms with E-state index in [0.29, 0.717) is 11.4 Å².